The van der Waals surface area contributed by atoms with Crippen molar-refractivity contribution in [2.75, 3.05) is 11.1 Å². The summed E-state index contributed by atoms with van der Waals surface area (Å²) in [5, 5.41) is 12.2. The summed E-state index contributed by atoms with van der Waals surface area (Å²) in [4.78, 5) is 26.1. The molecule has 172 valence electrons. The summed E-state index contributed by atoms with van der Waals surface area (Å²) >= 11 is 0. The summed E-state index contributed by atoms with van der Waals surface area (Å²) in [6.45, 7) is 3.59. The highest BCUT2D eigenvalue weighted by atomic mass is 19.1. The Kier molecular flexibility index (Phi) is 5.04. The molecule has 1 aromatic carbocycles. The third kappa shape index (κ3) is 3.45. The van der Waals surface area contributed by atoms with Gasteiger partial charge in [0, 0.05) is 13.2 Å². The van der Waals surface area contributed by atoms with Gasteiger partial charge in [0.15, 0.2) is 11.6 Å². The molecule has 0 bridgehead atoms. The smallest absolute Gasteiger partial charge is 0.282 e. The van der Waals surface area contributed by atoms with Crippen LogP contribution >= 0.6 is 0 Å². The van der Waals surface area contributed by atoms with Crippen LogP contribution < -0.4 is 16.6 Å². The van der Waals surface area contributed by atoms with Crippen LogP contribution in [-0.4, -0.2) is 38.9 Å². The molecule has 4 heterocycles. The fraction of sp³-hybridized carbons (Fsp3) is 0.182. The molecule has 1 atom stereocenters. The lowest BCUT2D eigenvalue weighted by atomic mass is 10.2. The third-order valence-corrected chi connectivity index (χ3v) is 5.45. The third-order valence-electron chi connectivity index (χ3n) is 5.45. The van der Waals surface area contributed by atoms with Gasteiger partial charge in [0.2, 0.25) is 0 Å². The summed E-state index contributed by atoms with van der Waals surface area (Å²) in [6, 6.07) is 7.25. The van der Waals surface area contributed by atoms with Crippen molar-refractivity contribution in [2.24, 2.45) is 7.05 Å². The first kappa shape index (κ1) is 21.2. The van der Waals surface area contributed by atoms with Crippen molar-refractivity contribution in [3.8, 4) is 17.1 Å². The average Bonchev–Trinajstić information content (AvgIpc) is 3.40. The maximum absolute atomic E-state index is 14.8. The monoisotopic (exact) mass is 460 g/mol. The van der Waals surface area contributed by atoms with Crippen LogP contribution in [0.2, 0.25) is 0 Å². The van der Waals surface area contributed by atoms with E-state index in [-0.39, 0.29) is 22.9 Å². The first-order chi connectivity index (χ1) is 16.3. The molecule has 0 radical (unpaired) electrons. The minimum Gasteiger partial charge on any atom is -0.383 e. The summed E-state index contributed by atoms with van der Waals surface area (Å²) in [7, 11) is 1.73. The van der Waals surface area contributed by atoms with Crippen molar-refractivity contribution < 1.29 is 4.39 Å². The molecule has 0 aliphatic rings. The molecule has 34 heavy (non-hydrogen) atoms. The molecule has 0 fully saturated rings. The predicted octanol–water partition coefficient (Wildman–Crippen LogP) is 2.27. The minimum atomic E-state index is -0.601. The molecular formula is C22H21FN10O. The van der Waals surface area contributed by atoms with Crippen LogP contribution in [0.4, 0.5) is 16.0 Å². The highest BCUT2D eigenvalue weighted by Crippen LogP contribution is 2.30. The molecule has 12 heteroatoms. The van der Waals surface area contributed by atoms with E-state index < -0.39 is 11.9 Å². The quantitative estimate of drug-likeness (QED) is 0.408. The number of para-hydroxylation sites is 1. The van der Waals surface area contributed by atoms with Crippen molar-refractivity contribution in [1.29, 1.82) is 0 Å². The van der Waals surface area contributed by atoms with Crippen LogP contribution in [0, 0.1) is 12.7 Å². The Morgan fingerprint density at radius 2 is 1.91 bits per heavy atom. The minimum absolute atomic E-state index is 0.0977. The predicted molar refractivity (Wildman–Crippen MR) is 124 cm³/mol. The SMILES string of the molecule is Cc1ccn2nc(C(C)Nc3ncnc(N)c3-c3ncn(C)n3)n(-c3ccccc3F)c(=O)c12. The standard InChI is InChI=1S/C22H21FN10O/c1-12-8-9-32-17(12)22(34)33(15-7-5-4-6-14(15)23)21(30-32)13(2)28-19-16(18(24)25-10-26-19)20-27-11-31(3)29-20/h4-11,13H,1-3H3,(H3,24,25,26,28). The normalized spacial score (nSPS) is 12.2. The van der Waals surface area contributed by atoms with E-state index in [1.54, 1.807) is 45.3 Å². The first-order valence-electron chi connectivity index (χ1n) is 10.4. The first-order valence-corrected chi connectivity index (χ1v) is 10.4. The Hall–Kier alpha value is -4.61. The molecule has 5 rings (SSSR count). The lowest BCUT2D eigenvalue weighted by Crippen LogP contribution is -2.30. The van der Waals surface area contributed by atoms with Crippen molar-refractivity contribution >= 4 is 17.2 Å². The number of benzene rings is 1. The highest BCUT2D eigenvalue weighted by molar-refractivity contribution is 5.79. The second kappa shape index (κ2) is 8.06. The van der Waals surface area contributed by atoms with E-state index in [4.69, 9.17) is 5.73 Å². The van der Waals surface area contributed by atoms with E-state index >= 15 is 0 Å². The lowest BCUT2D eigenvalue weighted by molar-refractivity contribution is 0.598. The topological polar surface area (TPSA) is 134 Å². The number of halogens is 1. The summed E-state index contributed by atoms with van der Waals surface area (Å²) in [5.74, 6) is 0.607. The van der Waals surface area contributed by atoms with Crippen LogP contribution in [0.1, 0.15) is 24.4 Å². The molecule has 0 amide bonds. The van der Waals surface area contributed by atoms with Crippen LogP contribution in [0.15, 0.2) is 54.0 Å². The number of aryl methyl sites for hydroxylation is 2. The molecular weight excluding hydrogens is 439 g/mol. The number of nitrogens with one attached hydrogen (secondary N) is 1. The second-order valence-corrected chi connectivity index (χ2v) is 7.83. The number of nitrogen functional groups attached to an aromatic ring is 1. The average molecular weight is 460 g/mol. The Morgan fingerprint density at radius 3 is 2.65 bits per heavy atom. The Balaban J connectivity index is 1.68. The van der Waals surface area contributed by atoms with Gasteiger partial charge in [-0.05, 0) is 37.6 Å². The fourth-order valence-electron chi connectivity index (χ4n) is 3.83. The van der Waals surface area contributed by atoms with Gasteiger partial charge in [-0.1, -0.05) is 12.1 Å². The number of nitrogens with zero attached hydrogens (tertiary/aromatic N) is 8. The van der Waals surface area contributed by atoms with Crippen molar-refractivity contribution in [2.45, 2.75) is 19.9 Å². The van der Waals surface area contributed by atoms with Gasteiger partial charge in [-0.2, -0.15) is 10.2 Å². The molecule has 0 aliphatic carbocycles. The lowest BCUT2D eigenvalue weighted by Gasteiger charge is -2.21. The molecule has 0 saturated carbocycles. The van der Waals surface area contributed by atoms with E-state index in [9.17, 15) is 9.18 Å². The Labute approximate surface area is 192 Å². The van der Waals surface area contributed by atoms with Crippen molar-refractivity contribution in [3.63, 3.8) is 0 Å². The molecule has 4 aromatic heterocycles. The van der Waals surface area contributed by atoms with Crippen LogP contribution in [-0.2, 0) is 7.05 Å². The maximum atomic E-state index is 14.8. The number of rotatable bonds is 5. The zero-order chi connectivity index (χ0) is 24.0. The second-order valence-electron chi connectivity index (χ2n) is 7.83. The molecule has 11 nitrogen and oxygen atoms in total. The van der Waals surface area contributed by atoms with E-state index in [0.717, 1.165) is 5.56 Å². The molecule has 5 aromatic rings. The molecule has 0 aliphatic heterocycles. The number of anilines is 2. The van der Waals surface area contributed by atoms with Crippen molar-refractivity contribution in [1.82, 2.24) is 38.9 Å². The van der Waals surface area contributed by atoms with Crippen LogP contribution in [0.5, 0.6) is 0 Å². The molecule has 0 saturated heterocycles. The zero-order valence-electron chi connectivity index (χ0n) is 18.6. The van der Waals surface area contributed by atoms with Crippen molar-refractivity contribution in [3.05, 3.63) is 76.7 Å². The maximum Gasteiger partial charge on any atom is 0.282 e. The Morgan fingerprint density at radius 1 is 1.12 bits per heavy atom. The largest absolute Gasteiger partial charge is 0.383 e. The van der Waals surface area contributed by atoms with E-state index in [0.29, 0.717) is 22.7 Å². The van der Waals surface area contributed by atoms with E-state index in [1.165, 1.54) is 38.6 Å². The number of aromatic nitrogens is 8. The number of hydrogen-bond acceptors (Lipinski definition) is 8. The number of fused-ring (bicyclic) bond motifs is 1. The van der Waals surface area contributed by atoms with E-state index in [1.807, 2.05) is 0 Å². The molecule has 0 spiro atoms. The summed E-state index contributed by atoms with van der Waals surface area (Å²) < 4.78 is 19.1. The number of nitrogens with two attached hydrogens (primary N) is 1. The molecule has 3 N–H and O–H groups in total. The summed E-state index contributed by atoms with van der Waals surface area (Å²) in [6.07, 6.45) is 4.54. The fourth-order valence-corrected chi connectivity index (χ4v) is 3.83. The van der Waals surface area contributed by atoms with Crippen LogP contribution in [0.25, 0.3) is 22.6 Å². The van der Waals surface area contributed by atoms with Gasteiger partial charge in [-0.25, -0.2) is 23.9 Å². The highest BCUT2D eigenvalue weighted by Gasteiger charge is 2.24. The zero-order valence-corrected chi connectivity index (χ0v) is 18.6. The van der Waals surface area contributed by atoms with Gasteiger partial charge in [0.05, 0.1) is 11.7 Å². The van der Waals surface area contributed by atoms with Gasteiger partial charge in [-0.3, -0.25) is 14.0 Å². The van der Waals surface area contributed by atoms with Gasteiger partial charge in [0.1, 0.15) is 41.2 Å². The van der Waals surface area contributed by atoms with Crippen LogP contribution in [0.3, 0.4) is 0 Å². The van der Waals surface area contributed by atoms with Gasteiger partial charge in [-0.15, -0.1) is 0 Å². The van der Waals surface area contributed by atoms with Gasteiger partial charge in [0.25, 0.3) is 5.56 Å². The number of hydrogen-bond donors (Lipinski definition) is 2. The molecule has 1 unspecified atom stereocenters. The van der Waals surface area contributed by atoms with E-state index in [2.05, 4.69) is 30.5 Å². The summed E-state index contributed by atoms with van der Waals surface area (Å²) in [5.41, 5.74) is 7.34. The van der Waals surface area contributed by atoms with Gasteiger partial charge < -0.3 is 11.1 Å². The Bertz CT molecular complexity index is 1580. The van der Waals surface area contributed by atoms with Gasteiger partial charge >= 0.3 is 0 Å².